The van der Waals surface area contributed by atoms with E-state index in [1.807, 2.05) is 13.0 Å². The van der Waals surface area contributed by atoms with E-state index < -0.39 is 10.0 Å². The van der Waals surface area contributed by atoms with Crippen LogP contribution in [0.4, 0.5) is 5.69 Å². The first-order chi connectivity index (χ1) is 10.1. The van der Waals surface area contributed by atoms with Crippen LogP contribution in [0.5, 0.6) is 0 Å². The van der Waals surface area contributed by atoms with Gasteiger partial charge in [0.1, 0.15) is 4.90 Å². The number of nitriles is 1. The zero-order valence-corrected chi connectivity index (χ0v) is 12.9. The molecule has 1 N–H and O–H groups in total. The molecular weight excluding hydrogens is 288 g/mol. The summed E-state index contributed by atoms with van der Waals surface area (Å²) in [4.78, 5) is 4.15. The Morgan fingerprint density at radius 2 is 2.29 bits per heavy atom. The summed E-state index contributed by atoms with van der Waals surface area (Å²) in [5.41, 5.74) is 0.578. The maximum atomic E-state index is 12.8. The summed E-state index contributed by atoms with van der Waals surface area (Å²) in [6, 6.07) is 3.72. The van der Waals surface area contributed by atoms with E-state index in [2.05, 4.69) is 10.3 Å². The Hall–Kier alpha value is -1.65. The fourth-order valence-electron chi connectivity index (χ4n) is 2.14. The fourth-order valence-corrected chi connectivity index (χ4v) is 3.94. The minimum absolute atomic E-state index is 0.0302. The summed E-state index contributed by atoms with van der Waals surface area (Å²) >= 11 is 0. The van der Waals surface area contributed by atoms with Crippen molar-refractivity contribution in [3.63, 3.8) is 0 Å². The second-order valence-electron chi connectivity index (χ2n) is 5.05. The van der Waals surface area contributed by atoms with Crippen molar-refractivity contribution >= 4 is 15.7 Å². The number of aromatic nitrogens is 1. The maximum Gasteiger partial charge on any atom is 0.246 e. The number of hydrogen-bond acceptors (Lipinski definition) is 5. The second kappa shape index (κ2) is 6.87. The molecule has 1 aliphatic carbocycles. The van der Waals surface area contributed by atoms with Gasteiger partial charge in [0.15, 0.2) is 0 Å². The Kier molecular flexibility index (Phi) is 5.15. The minimum Gasteiger partial charge on any atom is -0.384 e. The number of anilines is 1. The summed E-state index contributed by atoms with van der Waals surface area (Å²) in [7, 11) is -3.61. The van der Waals surface area contributed by atoms with Gasteiger partial charge < -0.3 is 5.32 Å². The van der Waals surface area contributed by atoms with E-state index in [0.717, 1.165) is 19.3 Å². The molecule has 0 aromatic carbocycles. The van der Waals surface area contributed by atoms with E-state index in [9.17, 15) is 8.42 Å². The van der Waals surface area contributed by atoms with Gasteiger partial charge in [-0.1, -0.05) is 6.92 Å². The lowest BCUT2D eigenvalue weighted by atomic mass is 10.4. The topological polar surface area (TPSA) is 86.1 Å². The first kappa shape index (κ1) is 15.7. The molecule has 1 saturated carbocycles. The molecule has 1 aromatic rings. The molecule has 0 spiro atoms. The summed E-state index contributed by atoms with van der Waals surface area (Å²) in [6.07, 6.45) is 5.80. The van der Waals surface area contributed by atoms with Gasteiger partial charge in [-0.15, -0.1) is 0 Å². The highest BCUT2D eigenvalue weighted by molar-refractivity contribution is 7.89. The quantitative estimate of drug-likeness (QED) is 0.793. The average molecular weight is 308 g/mol. The Morgan fingerprint density at radius 3 is 2.90 bits per heavy atom. The van der Waals surface area contributed by atoms with Crippen LogP contribution in [-0.4, -0.2) is 36.8 Å². The molecular formula is C14H20N4O2S. The normalized spacial score (nSPS) is 14.9. The van der Waals surface area contributed by atoms with E-state index >= 15 is 0 Å². The van der Waals surface area contributed by atoms with Gasteiger partial charge in [0.25, 0.3) is 0 Å². The van der Waals surface area contributed by atoms with Crippen molar-refractivity contribution < 1.29 is 8.42 Å². The summed E-state index contributed by atoms with van der Waals surface area (Å²) in [5.74, 6) is 0. The molecule has 114 valence electrons. The predicted molar refractivity (Wildman–Crippen MR) is 80.2 cm³/mol. The van der Waals surface area contributed by atoms with Crippen LogP contribution in [0.3, 0.4) is 0 Å². The van der Waals surface area contributed by atoms with E-state index in [-0.39, 0.29) is 23.9 Å². The van der Waals surface area contributed by atoms with Gasteiger partial charge in [0.05, 0.1) is 11.8 Å². The monoisotopic (exact) mass is 308 g/mol. The van der Waals surface area contributed by atoms with E-state index in [4.69, 9.17) is 5.26 Å². The van der Waals surface area contributed by atoms with Gasteiger partial charge in [-0.2, -0.15) is 9.57 Å². The zero-order chi connectivity index (χ0) is 15.3. The predicted octanol–water partition coefficient (Wildman–Crippen LogP) is 1.97. The molecule has 1 aliphatic rings. The molecule has 2 rings (SSSR count). The molecule has 1 fully saturated rings. The maximum absolute atomic E-state index is 12.8. The Labute approximate surface area is 125 Å². The van der Waals surface area contributed by atoms with Crippen LogP contribution >= 0.6 is 0 Å². The lowest BCUT2D eigenvalue weighted by Crippen LogP contribution is -2.34. The molecule has 6 nitrogen and oxygen atoms in total. The third kappa shape index (κ3) is 3.71. The lowest BCUT2D eigenvalue weighted by molar-refractivity contribution is 0.411. The Balaban J connectivity index is 2.31. The van der Waals surface area contributed by atoms with Crippen LogP contribution < -0.4 is 5.32 Å². The largest absolute Gasteiger partial charge is 0.384 e. The van der Waals surface area contributed by atoms with Gasteiger partial charge in [-0.25, -0.2) is 8.42 Å². The summed E-state index contributed by atoms with van der Waals surface area (Å²) < 4.78 is 27.1. The van der Waals surface area contributed by atoms with Crippen molar-refractivity contribution in [3.05, 3.63) is 18.5 Å². The molecule has 0 aliphatic heterocycles. The fraction of sp³-hybridized carbons (Fsp3) is 0.571. The molecule has 1 heterocycles. The first-order valence-electron chi connectivity index (χ1n) is 7.18. The summed E-state index contributed by atoms with van der Waals surface area (Å²) in [6.45, 7) is 2.96. The molecule has 0 radical (unpaired) electrons. The first-order valence-corrected chi connectivity index (χ1v) is 8.62. The Bertz CT molecular complexity index is 620. The van der Waals surface area contributed by atoms with Crippen LogP contribution in [0.2, 0.25) is 0 Å². The molecule has 0 bridgehead atoms. The van der Waals surface area contributed by atoms with Gasteiger partial charge in [0, 0.05) is 37.9 Å². The zero-order valence-electron chi connectivity index (χ0n) is 12.1. The van der Waals surface area contributed by atoms with Crippen molar-refractivity contribution in [2.24, 2.45) is 0 Å². The van der Waals surface area contributed by atoms with Crippen LogP contribution in [0.1, 0.15) is 32.6 Å². The number of nitrogens with one attached hydrogen (secondary N) is 1. The standard InChI is InChI=1S/C14H20N4O2S/c1-2-8-17-13-6-9-16-11-14(13)21(19,20)18(10-3-7-15)12-4-5-12/h6,9,11-12H,2-5,8,10H2,1H3,(H,16,17). The lowest BCUT2D eigenvalue weighted by Gasteiger charge is -2.22. The van der Waals surface area contributed by atoms with Crippen molar-refractivity contribution in [2.45, 2.75) is 43.5 Å². The molecule has 0 unspecified atom stereocenters. The number of pyridine rings is 1. The highest BCUT2D eigenvalue weighted by atomic mass is 32.2. The second-order valence-corrected chi connectivity index (χ2v) is 6.91. The van der Waals surface area contributed by atoms with Crippen LogP contribution in [0.15, 0.2) is 23.4 Å². The summed E-state index contributed by atoms with van der Waals surface area (Å²) in [5, 5.41) is 11.9. The molecule has 21 heavy (non-hydrogen) atoms. The SMILES string of the molecule is CCCNc1ccncc1S(=O)(=O)N(CCC#N)C1CC1. The van der Waals surface area contributed by atoms with Crippen molar-refractivity contribution in [2.75, 3.05) is 18.4 Å². The van der Waals surface area contributed by atoms with Gasteiger partial charge in [-0.05, 0) is 25.3 Å². The van der Waals surface area contributed by atoms with Gasteiger partial charge in [-0.3, -0.25) is 4.98 Å². The van der Waals surface area contributed by atoms with Crippen LogP contribution in [0.25, 0.3) is 0 Å². The molecule has 0 atom stereocenters. The number of rotatable bonds is 8. The van der Waals surface area contributed by atoms with Crippen molar-refractivity contribution in [1.29, 1.82) is 5.26 Å². The van der Waals surface area contributed by atoms with Crippen molar-refractivity contribution in [1.82, 2.24) is 9.29 Å². The minimum atomic E-state index is -3.61. The van der Waals surface area contributed by atoms with Gasteiger partial charge in [0.2, 0.25) is 10.0 Å². The van der Waals surface area contributed by atoms with Gasteiger partial charge >= 0.3 is 0 Å². The smallest absolute Gasteiger partial charge is 0.246 e. The third-order valence-corrected chi connectivity index (χ3v) is 5.31. The van der Waals surface area contributed by atoms with Crippen molar-refractivity contribution in [3.8, 4) is 6.07 Å². The number of nitrogens with zero attached hydrogens (tertiary/aromatic N) is 3. The number of hydrogen-bond donors (Lipinski definition) is 1. The van der Waals surface area contributed by atoms with E-state index in [1.54, 1.807) is 12.3 Å². The van der Waals surface area contributed by atoms with E-state index in [1.165, 1.54) is 10.5 Å². The highest BCUT2D eigenvalue weighted by Gasteiger charge is 2.38. The number of sulfonamides is 1. The molecule has 0 saturated heterocycles. The Morgan fingerprint density at radius 1 is 1.52 bits per heavy atom. The molecule has 7 heteroatoms. The average Bonchev–Trinajstić information content (AvgIpc) is 3.30. The van der Waals surface area contributed by atoms with Crippen LogP contribution in [-0.2, 0) is 10.0 Å². The van der Waals surface area contributed by atoms with E-state index in [0.29, 0.717) is 12.2 Å². The highest BCUT2D eigenvalue weighted by Crippen LogP contribution is 2.34. The van der Waals surface area contributed by atoms with Crippen LogP contribution in [0, 0.1) is 11.3 Å². The molecule has 0 amide bonds. The third-order valence-electron chi connectivity index (χ3n) is 3.33. The molecule has 1 aromatic heterocycles.